The van der Waals surface area contributed by atoms with Gasteiger partial charge in [0.1, 0.15) is 0 Å². The predicted octanol–water partition coefficient (Wildman–Crippen LogP) is 2.25. The van der Waals surface area contributed by atoms with Crippen LogP contribution in [-0.4, -0.2) is 22.1 Å². The number of carbonyl (C=O) groups excluding carboxylic acids is 1. The molecule has 1 aromatic carbocycles. The highest BCUT2D eigenvalue weighted by molar-refractivity contribution is 5.89. The fourth-order valence-electron chi connectivity index (χ4n) is 2.40. The highest BCUT2D eigenvalue weighted by atomic mass is 16.2. The number of benzene rings is 1. The van der Waals surface area contributed by atoms with Gasteiger partial charge in [-0.3, -0.25) is 9.36 Å². The maximum Gasteiger partial charge on any atom is 0.319 e. The largest absolute Gasteiger partial charge is 0.336 e. The van der Waals surface area contributed by atoms with Crippen LogP contribution < -0.4 is 16.2 Å². The zero-order valence-electron chi connectivity index (χ0n) is 13.1. The molecule has 1 fully saturated rings. The van der Waals surface area contributed by atoms with E-state index in [0.29, 0.717) is 19.0 Å². The lowest BCUT2D eigenvalue weighted by Crippen LogP contribution is -2.33. The molecule has 2 aromatic rings. The summed E-state index contributed by atoms with van der Waals surface area (Å²) in [7, 11) is 0. The SMILES string of the molecule is Cc1cccc(NC(=O)NCCn2cnc(C3CC3)cc2=O)c1. The number of carbonyl (C=O) groups is 1. The van der Waals surface area contributed by atoms with Gasteiger partial charge in [-0.2, -0.15) is 0 Å². The molecule has 6 heteroatoms. The second kappa shape index (κ2) is 6.64. The first-order valence-corrected chi connectivity index (χ1v) is 7.80. The van der Waals surface area contributed by atoms with Gasteiger partial charge in [-0.1, -0.05) is 12.1 Å². The van der Waals surface area contributed by atoms with Gasteiger partial charge < -0.3 is 10.6 Å². The lowest BCUT2D eigenvalue weighted by molar-refractivity contribution is 0.251. The summed E-state index contributed by atoms with van der Waals surface area (Å²) in [5, 5.41) is 5.50. The van der Waals surface area contributed by atoms with Gasteiger partial charge in [-0.15, -0.1) is 0 Å². The van der Waals surface area contributed by atoms with E-state index in [2.05, 4.69) is 15.6 Å². The van der Waals surface area contributed by atoms with Crippen LogP contribution in [-0.2, 0) is 6.54 Å². The maximum absolute atomic E-state index is 12.0. The summed E-state index contributed by atoms with van der Waals surface area (Å²) in [6.07, 6.45) is 3.81. The molecule has 1 saturated carbocycles. The number of hydrogen-bond donors (Lipinski definition) is 2. The molecule has 1 aliphatic carbocycles. The molecule has 2 N–H and O–H groups in total. The van der Waals surface area contributed by atoms with Crippen molar-refractivity contribution in [1.82, 2.24) is 14.9 Å². The Labute approximate surface area is 134 Å². The Bertz CT molecular complexity index is 765. The first-order chi connectivity index (χ1) is 11.1. The number of nitrogens with zero attached hydrogens (tertiary/aromatic N) is 2. The van der Waals surface area contributed by atoms with Crippen LogP contribution in [0.4, 0.5) is 10.5 Å². The number of hydrogen-bond acceptors (Lipinski definition) is 3. The van der Waals surface area contributed by atoms with Crippen LogP contribution in [0, 0.1) is 6.92 Å². The molecule has 1 aliphatic rings. The minimum absolute atomic E-state index is 0.0669. The average Bonchev–Trinajstić information content (AvgIpc) is 3.33. The van der Waals surface area contributed by atoms with Crippen LogP contribution in [0.5, 0.6) is 0 Å². The average molecular weight is 312 g/mol. The summed E-state index contributed by atoms with van der Waals surface area (Å²) in [6.45, 7) is 2.73. The van der Waals surface area contributed by atoms with Crippen LogP contribution in [0.25, 0.3) is 0 Å². The summed E-state index contributed by atoms with van der Waals surface area (Å²) < 4.78 is 1.51. The molecule has 0 radical (unpaired) electrons. The van der Waals surface area contributed by atoms with Crippen molar-refractivity contribution in [1.29, 1.82) is 0 Å². The smallest absolute Gasteiger partial charge is 0.319 e. The molecule has 1 heterocycles. The normalized spacial score (nSPS) is 13.6. The van der Waals surface area contributed by atoms with Crippen molar-refractivity contribution in [2.24, 2.45) is 0 Å². The molecule has 23 heavy (non-hydrogen) atoms. The Balaban J connectivity index is 1.49. The maximum atomic E-state index is 12.0. The van der Waals surface area contributed by atoms with E-state index in [-0.39, 0.29) is 11.6 Å². The fourth-order valence-corrected chi connectivity index (χ4v) is 2.40. The molecule has 1 aromatic heterocycles. The lowest BCUT2D eigenvalue weighted by atomic mass is 10.2. The summed E-state index contributed by atoms with van der Waals surface area (Å²) in [5.41, 5.74) is 2.64. The topological polar surface area (TPSA) is 76.0 Å². The molecule has 0 aliphatic heterocycles. The van der Waals surface area contributed by atoms with Gasteiger partial charge in [-0.05, 0) is 37.5 Å². The summed E-state index contributed by atoms with van der Waals surface area (Å²) in [5.74, 6) is 0.468. The van der Waals surface area contributed by atoms with Gasteiger partial charge in [0.15, 0.2) is 0 Å². The monoisotopic (exact) mass is 312 g/mol. The van der Waals surface area contributed by atoms with Crippen molar-refractivity contribution in [2.75, 3.05) is 11.9 Å². The van der Waals surface area contributed by atoms with Crippen LogP contribution in [0.3, 0.4) is 0 Å². The Hall–Kier alpha value is -2.63. The molecule has 0 spiro atoms. The van der Waals surface area contributed by atoms with Gasteiger partial charge in [0.2, 0.25) is 0 Å². The van der Waals surface area contributed by atoms with Gasteiger partial charge in [0.25, 0.3) is 5.56 Å². The summed E-state index contributed by atoms with van der Waals surface area (Å²) in [6, 6.07) is 8.89. The summed E-state index contributed by atoms with van der Waals surface area (Å²) in [4.78, 5) is 28.1. The Kier molecular flexibility index (Phi) is 4.41. The van der Waals surface area contributed by atoms with Crippen molar-refractivity contribution in [2.45, 2.75) is 32.2 Å². The molecule has 6 nitrogen and oxygen atoms in total. The molecule has 2 amide bonds. The molecule has 0 saturated heterocycles. The second-order valence-electron chi connectivity index (χ2n) is 5.87. The molecular weight excluding hydrogens is 292 g/mol. The molecule has 0 unspecified atom stereocenters. The number of anilines is 1. The molecule has 120 valence electrons. The van der Waals surface area contributed by atoms with Crippen molar-refractivity contribution < 1.29 is 4.79 Å². The summed E-state index contributed by atoms with van der Waals surface area (Å²) >= 11 is 0. The number of nitrogens with one attached hydrogen (secondary N) is 2. The van der Waals surface area contributed by atoms with E-state index in [0.717, 1.165) is 29.8 Å². The van der Waals surface area contributed by atoms with Gasteiger partial charge in [0.05, 0.1) is 12.0 Å². The van der Waals surface area contributed by atoms with Crippen LogP contribution in [0.2, 0.25) is 0 Å². The molecule has 3 rings (SSSR count). The number of amides is 2. The van der Waals surface area contributed by atoms with E-state index in [1.807, 2.05) is 31.2 Å². The third-order valence-corrected chi connectivity index (χ3v) is 3.81. The van der Waals surface area contributed by atoms with E-state index >= 15 is 0 Å². The third kappa shape index (κ3) is 4.18. The minimum atomic E-state index is -0.286. The molecule has 0 atom stereocenters. The van der Waals surface area contributed by atoms with E-state index in [4.69, 9.17) is 0 Å². The minimum Gasteiger partial charge on any atom is -0.336 e. The van der Waals surface area contributed by atoms with E-state index < -0.39 is 0 Å². The number of urea groups is 1. The second-order valence-corrected chi connectivity index (χ2v) is 5.87. The first-order valence-electron chi connectivity index (χ1n) is 7.80. The van der Waals surface area contributed by atoms with Crippen LogP contribution in [0.15, 0.2) is 41.5 Å². The first kappa shape index (κ1) is 15.3. The van der Waals surface area contributed by atoms with Gasteiger partial charge >= 0.3 is 6.03 Å². The van der Waals surface area contributed by atoms with Crippen molar-refractivity contribution in [3.63, 3.8) is 0 Å². The third-order valence-electron chi connectivity index (χ3n) is 3.81. The van der Waals surface area contributed by atoms with Gasteiger partial charge in [0, 0.05) is 30.8 Å². The number of aromatic nitrogens is 2. The van der Waals surface area contributed by atoms with Crippen molar-refractivity contribution in [3.05, 3.63) is 58.3 Å². The Morgan fingerprint density at radius 1 is 1.35 bits per heavy atom. The van der Waals surface area contributed by atoms with E-state index in [1.54, 1.807) is 12.4 Å². The zero-order chi connectivity index (χ0) is 16.2. The lowest BCUT2D eigenvalue weighted by Gasteiger charge is -2.09. The highest BCUT2D eigenvalue weighted by Crippen LogP contribution is 2.38. The van der Waals surface area contributed by atoms with E-state index in [1.165, 1.54) is 4.57 Å². The van der Waals surface area contributed by atoms with Crippen LogP contribution >= 0.6 is 0 Å². The van der Waals surface area contributed by atoms with Gasteiger partial charge in [-0.25, -0.2) is 9.78 Å². The fraction of sp³-hybridized carbons (Fsp3) is 0.353. The Morgan fingerprint density at radius 2 is 2.17 bits per heavy atom. The van der Waals surface area contributed by atoms with Crippen LogP contribution in [0.1, 0.15) is 30.0 Å². The molecule has 0 bridgehead atoms. The predicted molar refractivity (Wildman–Crippen MR) is 88.7 cm³/mol. The van der Waals surface area contributed by atoms with E-state index in [9.17, 15) is 9.59 Å². The quantitative estimate of drug-likeness (QED) is 0.889. The van der Waals surface area contributed by atoms with Crippen molar-refractivity contribution >= 4 is 11.7 Å². The Morgan fingerprint density at radius 3 is 2.87 bits per heavy atom. The molecular formula is C17H20N4O2. The number of aryl methyl sites for hydroxylation is 1. The zero-order valence-corrected chi connectivity index (χ0v) is 13.1. The van der Waals surface area contributed by atoms with Crippen molar-refractivity contribution in [3.8, 4) is 0 Å². The standard InChI is InChI=1S/C17H20N4O2/c1-12-3-2-4-14(9-12)20-17(23)18-7-8-21-11-19-15(10-16(21)22)13-5-6-13/h2-4,9-11,13H,5-8H2,1H3,(H2,18,20,23). The number of rotatable bonds is 5. The highest BCUT2D eigenvalue weighted by Gasteiger charge is 2.25.